The van der Waals surface area contributed by atoms with Crippen molar-refractivity contribution >= 4 is 40.7 Å². The van der Waals surface area contributed by atoms with Gasteiger partial charge in [0.1, 0.15) is 34.8 Å². The molecule has 1 aliphatic rings. The van der Waals surface area contributed by atoms with E-state index in [-0.39, 0.29) is 5.82 Å². The Hall–Kier alpha value is -3.49. The average molecular weight is 538 g/mol. The average Bonchev–Trinajstić information content (AvgIpc) is 2.90. The molecule has 37 heavy (non-hydrogen) atoms. The van der Waals surface area contributed by atoms with Gasteiger partial charge in [-0.3, -0.25) is 0 Å². The highest BCUT2D eigenvalue weighted by atomic mass is 35.5. The molecular formula is C27H26Cl2FN7. The molecule has 10 heteroatoms. The first kappa shape index (κ1) is 25.2. The lowest BCUT2D eigenvalue weighted by molar-refractivity contribution is 0.427. The molecule has 0 radical (unpaired) electrons. The summed E-state index contributed by atoms with van der Waals surface area (Å²) in [6, 6.07) is 16.5. The van der Waals surface area contributed by atoms with Crippen LogP contribution in [0.5, 0.6) is 0 Å². The largest absolute Gasteiger partial charge is 0.367 e. The fourth-order valence-electron chi connectivity index (χ4n) is 4.45. The Morgan fingerprint density at radius 1 is 0.811 bits per heavy atom. The summed E-state index contributed by atoms with van der Waals surface area (Å²) in [6.07, 6.45) is 7.11. The van der Waals surface area contributed by atoms with Crippen LogP contribution in [-0.2, 0) is 6.54 Å². The summed E-state index contributed by atoms with van der Waals surface area (Å²) in [7, 11) is 0. The van der Waals surface area contributed by atoms with Crippen LogP contribution in [0.2, 0.25) is 10.2 Å². The molecule has 3 aromatic heterocycles. The van der Waals surface area contributed by atoms with Gasteiger partial charge >= 0.3 is 0 Å². The van der Waals surface area contributed by atoms with Crippen molar-refractivity contribution in [1.29, 1.82) is 0 Å². The molecule has 0 bridgehead atoms. The van der Waals surface area contributed by atoms with Crippen LogP contribution in [0.4, 0.5) is 21.8 Å². The number of nitrogens with zero attached hydrogens (tertiary/aromatic N) is 4. The van der Waals surface area contributed by atoms with Crippen molar-refractivity contribution in [1.82, 2.24) is 19.9 Å². The van der Waals surface area contributed by atoms with Crippen LogP contribution in [-0.4, -0.2) is 32.0 Å². The van der Waals surface area contributed by atoms with Gasteiger partial charge in [0.05, 0.1) is 10.7 Å². The fraction of sp³-hybridized carbons (Fsp3) is 0.259. The van der Waals surface area contributed by atoms with Crippen molar-refractivity contribution in [3.63, 3.8) is 0 Å². The molecule has 1 fully saturated rings. The molecule has 3 heterocycles. The smallest absolute Gasteiger partial charge is 0.134 e. The minimum atomic E-state index is -0.259. The molecule has 0 spiro atoms. The minimum Gasteiger partial charge on any atom is -0.367 e. The second kappa shape index (κ2) is 11.7. The van der Waals surface area contributed by atoms with Crippen molar-refractivity contribution in [2.75, 3.05) is 16.0 Å². The topological polar surface area (TPSA) is 87.6 Å². The fourth-order valence-corrected chi connectivity index (χ4v) is 4.80. The molecule has 1 aliphatic carbocycles. The number of nitrogens with one attached hydrogen (secondary N) is 3. The molecule has 0 amide bonds. The second-order valence-electron chi connectivity index (χ2n) is 9.00. The van der Waals surface area contributed by atoms with Gasteiger partial charge in [-0.2, -0.15) is 0 Å². The number of benzene rings is 1. The van der Waals surface area contributed by atoms with Gasteiger partial charge in [0, 0.05) is 36.5 Å². The third-order valence-corrected chi connectivity index (χ3v) is 6.82. The Morgan fingerprint density at radius 2 is 1.54 bits per heavy atom. The number of hydrogen-bond acceptors (Lipinski definition) is 7. The standard InChI is InChI=1S/C27H26Cl2FN7/c28-22-15-32-26(35-19-7-9-20(10-8-19)36-27-13-24(29)33-16-34-27)12-21(22)23-5-2-6-25(37-23)31-14-17-3-1-4-18(30)11-17/h1-6,11-13,15-16,19-20H,7-10,14H2,(H,31,37)(H,32,35)(H,33,34,36). The van der Waals surface area contributed by atoms with Crippen LogP contribution in [0.25, 0.3) is 11.3 Å². The predicted molar refractivity (Wildman–Crippen MR) is 147 cm³/mol. The van der Waals surface area contributed by atoms with E-state index in [0.29, 0.717) is 34.6 Å². The monoisotopic (exact) mass is 537 g/mol. The van der Waals surface area contributed by atoms with E-state index < -0.39 is 0 Å². The van der Waals surface area contributed by atoms with E-state index in [1.807, 2.05) is 30.3 Å². The van der Waals surface area contributed by atoms with Crippen molar-refractivity contribution in [3.8, 4) is 11.3 Å². The van der Waals surface area contributed by atoms with Gasteiger partial charge in [-0.15, -0.1) is 0 Å². The number of hydrogen-bond donors (Lipinski definition) is 3. The van der Waals surface area contributed by atoms with E-state index in [4.69, 9.17) is 28.2 Å². The summed E-state index contributed by atoms with van der Waals surface area (Å²) in [5.41, 5.74) is 2.37. The maximum atomic E-state index is 13.5. The van der Waals surface area contributed by atoms with Gasteiger partial charge in [0.2, 0.25) is 0 Å². The van der Waals surface area contributed by atoms with E-state index in [9.17, 15) is 4.39 Å². The van der Waals surface area contributed by atoms with Crippen molar-refractivity contribution in [2.45, 2.75) is 44.3 Å². The molecule has 3 N–H and O–H groups in total. The molecular weight excluding hydrogens is 512 g/mol. The second-order valence-corrected chi connectivity index (χ2v) is 9.80. The number of pyridine rings is 2. The summed E-state index contributed by atoms with van der Waals surface area (Å²) in [5.74, 6) is 1.93. The molecule has 0 aliphatic heterocycles. The lowest BCUT2D eigenvalue weighted by Crippen LogP contribution is -2.32. The van der Waals surface area contributed by atoms with Gasteiger partial charge in [-0.05, 0) is 61.6 Å². The summed E-state index contributed by atoms with van der Waals surface area (Å²) < 4.78 is 13.5. The Morgan fingerprint density at radius 3 is 2.27 bits per heavy atom. The van der Waals surface area contributed by atoms with Gasteiger partial charge in [-0.1, -0.05) is 41.4 Å². The van der Waals surface area contributed by atoms with E-state index in [0.717, 1.165) is 54.1 Å². The van der Waals surface area contributed by atoms with Crippen molar-refractivity contribution < 1.29 is 4.39 Å². The van der Waals surface area contributed by atoms with Gasteiger partial charge < -0.3 is 16.0 Å². The van der Waals surface area contributed by atoms with E-state index >= 15 is 0 Å². The number of aromatic nitrogens is 4. The van der Waals surface area contributed by atoms with Crippen LogP contribution in [0.15, 0.2) is 67.1 Å². The molecule has 1 aromatic carbocycles. The van der Waals surface area contributed by atoms with Crippen LogP contribution in [0.1, 0.15) is 31.2 Å². The predicted octanol–water partition coefficient (Wildman–Crippen LogP) is 6.83. The molecule has 0 atom stereocenters. The highest BCUT2D eigenvalue weighted by Crippen LogP contribution is 2.30. The highest BCUT2D eigenvalue weighted by Gasteiger charge is 2.22. The van der Waals surface area contributed by atoms with Crippen LogP contribution >= 0.6 is 23.2 Å². The molecule has 1 saturated carbocycles. The molecule has 5 rings (SSSR count). The zero-order valence-corrected chi connectivity index (χ0v) is 21.5. The van der Waals surface area contributed by atoms with Gasteiger partial charge in [-0.25, -0.2) is 24.3 Å². The van der Waals surface area contributed by atoms with Crippen LogP contribution in [0.3, 0.4) is 0 Å². The Kier molecular flexibility index (Phi) is 7.96. The first-order valence-electron chi connectivity index (χ1n) is 12.1. The maximum Gasteiger partial charge on any atom is 0.134 e. The third-order valence-electron chi connectivity index (χ3n) is 6.31. The lowest BCUT2D eigenvalue weighted by Gasteiger charge is -2.30. The maximum absolute atomic E-state index is 13.5. The number of rotatable bonds is 8. The molecule has 0 saturated heterocycles. The van der Waals surface area contributed by atoms with E-state index in [1.54, 1.807) is 18.3 Å². The SMILES string of the molecule is Fc1cccc(CNc2cccc(-c3cc(NC4CCC(Nc5cc(Cl)ncn5)CC4)ncc3Cl)n2)c1. The normalized spacial score (nSPS) is 17.3. The van der Waals surface area contributed by atoms with Gasteiger partial charge in [0.15, 0.2) is 0 Å². The third kappa shape index (κ3) is 6.84. The first-order chi connectivity index (χ1) is 18.0. The van der Waals surface area contributed by atoms with E-state index in [1.165, 1.54) is 18.5 Å². The van der Waals surface area contributed by atoms with Gasteiger partial charge in [0.25, 0.3) is 0 Å². The summed E-state index contributed by atoms with van der Waals surface area (Å²) in [4.78, 5) is 17.4. The zero-order valence-electron chi connectivity index (χ0n) is 20.0. The number of anilines is 3. The Labute approximate surface area is 224 Å². The van der Waals surface area contributed by atoms with Crippen molar-refractivity contribution in [3.05, 3.63) is 88.7 Å². The van der Waals surface area contributed by atoms with Crippen LogP contribution in [0, 0.1) is 5.82 Å². The summed E-state index contributed by atoms with van der Waals surface area (Å²) in [6.45, 7) is 0.465. The Bertz CT molecular complexity index is 1360. The molecule has 7 nitrogen and oxygen atoms in total. The molecule has 4 aromatic rings. The van der Waals surface area contributed by atoms with Crippen LogP contribution < -0.4 is 16.0 Å². The molecule has 190 valence electrons. The van der Waals surface area contributed by atoms with Crippen molar-refractivity contribution in [2.24, 2.45) is 0 Å². The lowest BCUT2D eigenvalue weighted by atomic mass is 9.91. The first-order valence-corrected chi connectivity index (χ1v) is 12.9. The zero-order chi connectivity index (χ0) is 25.6. The molecule has 0 unspecified atom stereocenters. The Balaban J connectivity index is 1.20. The minimum absolute atomic E-state index is 0.259. The highest BCUT2D eigenvalue weighted by molar-refractivity contribution is 6.33. The van der Waals surface area contributed by atoms with E-state index in [2.05, 4.69) is 30.9 Å². The quantitative estimate of drug-likeness (QED) is 0.212. The number of halogens is 3. The summed E-state index contributed by atoms with van der Waals surface area (Å²) in [5, 5.41) is 11.2. The summed E-state index contributed by atoms with van der Waals surface area (Å²) >= 11 is 12.5.